The Hall–Kier alpha value is -1.03. The number of ether oxygens (including phenoxy) is 1. The molecule has 4 nitrogen and oxygen atoms in total. The van der Waals surface area contributed by atoms with E-state index in [9.17, 15) is 4.79 Å². The van der Waals surface area contributed by atoms with Gasteiger partial charge in [0.15, 0.2) is 0 Å². The molecule has 2 heterocycles. The van der Waals surface area contributed by atoms with Gasteiger partial charge in [0.2, 0.25) is 0 Å². The molecular formula is C11H17NO3. The zero-order valence-electron chi connectivity index (χ0n) is 9.40. The van der Waals surface area contributed by atoms with Gasteiger partial charge < -0.3 is 4.74 Å². The Morgan fingerprint density at radius 2 is 2.13 bits per heavy atom. The van der Waals surface area contributed by atoms with E-state index >= 15 is 0 Å². The van der Waals surface area contributed by atoms with E-state index in [1.165, 1.54) is 5.06 Å². The molecule has 0 N–H and O–H groups in total. The van der Waals surface area contributed by atoms with Gasteiger partial charge in [0.25, 0.3) is 0 Å². The predicted molar refractivity (Wildman–Crippen MR) is 55.1 cm³/mol. The number of hydrogen-bond acceptors (Lipinski definition) is 3. The molecule has 1 fully saturated rings. The van der Waals surface area contributed by atoms with Gasteiger partial charge in [-0.25, -0.2) is 4.79 Å². The zero-order valence-corrected chi connectivity index (χ0v) is 9.40. The number of carbonyl (C=O) groups excluding carboxylic acids is 1. The highest BCUT2D eigenvalue weighted by Crippen LogP contribution is 2.28. The maximum absolute atomic E-state index is 11.7. The monoisotopic (exact) mass is 211 g/mol. The lowest BCUT2D eigenvalue weighted by Crippen LogP contribution is -2.50. The van der Waals surface area contributed by atoms with E-state index in [4.69, 9.17) is 9.57 Å². The minimum atomic E-state index is -0.471. The van der Waals surface area contributed by atoms with Crippen LogP contribution in [0.2, 0.25) is 0 Å². The number of nitrogens with zero attached hydrogens (tertiary/aromatic N) is 1. The molecule has 0 radical (unpaired) electrons. The molecule has 1 saturated heterocycles. The number of amides is 1. The Labute approximate surface area is 89.8 Å². The van der Waals surface area contributed by atoms with Crippen LogP contribution >= 0.6 is 0 Å². The third kappa shape index (κ3) is 2.31. The van der Waals surface area contributed by atoms with Crippen molar-refractivity contribution in [2.24, 2.45) is 0 Å². The Kier molecular flexibility index (Phi) is 2.46. The van der Waals surface area contributed by atoms with E-state index in [2.05, 4.69) is 0 Å². The zero-order chi connectivity index (χ0) is 11.1. The molecule has 2 aliphatic heterocycles. The fraction of sp³-hybridized carbons (Fsp3) is 0.727. The first kappa shape index (κ1) is 10.5. The van der Waals surface area contributed by atoms with Gasteiger partial charge in [0.05, 0.1) is 6.04 Å². The lowest BCUT2D eigenvalue weighted by atomic mass is 9.99. The molecule has 4 heteroatoms. The molecular weight excluding hydrogens is 194 g/mol. The van der Waals surface area contributed by atoms with Crippen molar-refractivity contribution in [1.82, 2.24) is 5.06 Å². The average Bonchev–Trinajstić information content (AvgIpc) is 2.17. The molecule has 3 rings (SSSR count). The van der Waals surface area contributed by atoms with Crippen LogP contribution < -0.4 is 0 Å². The average molecular weight is 211 g/mol. The van der Waals surface area contributed by atoms with Crippen LogP contribution in [0.1, 0.15) is 33.6 Å². The van der Waals surface area contributed by atoms with Gasteiger partial charge >= 0.3 is 6.09 Å². The fourth-order valence-electron chi connectivity index (χ4n) is 1.77. The first-order valence-electron chi connectivity index (χ1n) is 5.33. The molecule has 2 atom stereocenters. The molecule has 1 amide bonds. The van der Waals surface area contributed by atoms with Gasteiger partial charge in [-0.1, -0.05) is 12.2 Å². The Morgan fingerprint density at radius 3 is 2.53 bits per heavy atom. The second kappa shape index (κ2) is 3.52. The quantitative estimate of drug-likeness (QED) is 0.577. The molecule has 0 aromatic heterocycles. The van der Waals surface area contributed by atoms with Crippen LogP contribution in [-0.4, -0.2) is 28.9 Å². The molecule has 3 aliphatic rings. The van der Waals surface area contributed by atoms with Crippen molar-refractivity contribution < 1.29 is 14.4 Å². The van der Waals surface area contributed by atoms with Crippen LogP contribution in [0.25, 0.3) is 0 Å². The number of fused-ring (bicyclic) bond motifs is 2. The summed E-state index contributed by atoms with van der Waals surface area (Å²) in [6.45, 7) is 5.55. The third-order valence-corrected chi connectivity index (χ3v) is 2.42. The van der Waals surface area contributed by atoms with Crippen molar-refractivity contribution in [3.05, 3.63) is 12.2 Å². The minimum absolute atomic E-state index is 0.0440. The van der Waals surface area contributed by atoms with E-state index in [1.54, 1.807) is 0 Å². The minimum Gasteiger partial charge on any atom is -0.442 e. The van der Waals surface area contributed by atoms with Gasteiger partial charge in [-0.05, 0) is 33.6 Å². The summed E-state index contributed by atoms with van der Waals surface area (Å²) in [4.78, 5) is 17.2. The highest BCUT2D eigenvalue weighted by molar-refractivity contribution is 5.68. The maximum atomic E-state index is 11.7. The van der Waals surface area contributed by atoms with Crippen molar-refractivity contribution in [1.29, 1.82) is 0 Å². The topological polar surface area (TPSA) is 38.8 Å². The van der Waals surface area contributed by atoms with Crippen molar-refractivity contribution in [3.63, 3.8) is 0 Å². The van der Waals surface area contributed by atoms with E-state index in [1.807, 2.05) is 32.9 Å². The smallest absolute Gasteiger partial charge is 0.435 e. The van der Waals surface area contributed by atoms with Crippen LogP contribution in [0, 0.1) is 0 Å². The van der Waals surface area contributed by atoms with Gasteiger partial charge in [0.1, 0.15) is 11.7 Å². The fourth-order valence-corrected chi connectivity index (χ4v) is 1.77. The highest BCUT2D eigenvalue weighted by Gasteiger charge is 2.36. The SMILES string of the molecule is CC(C)(C)OC(=O)N1O[C@@H]2C=C[C@@H]1CC2. The highest BCUT2D eigenvalue weighted by atomic mass is 16.7. The van der Waals surface area contributed by atoms with E-state index in [0.717, 1.165) is 12.8 Å². The van der Waals surface area contributed by atoms with E-state index in [0.29, 0.717) is 0 Å². The third-order valence-electron chi connectivity index (χ3n) is 2.42. The summed E-state index contributed by atoms with van der Waals surface area (Å²) in [7, 11) is 0. The van der Waals surface area contributed by atoms with Crippen molar-refractivity contribution in [2.75, 3.05) is 0 Å². The molecule has 0 spiro atoms. The van der Waals surface area contributed by atoms with Gasteiger partial charge in [-0.3, -0.25) is 4.84 Å². The molecule has 1 aliphatic carbocycles. The lowest BCUT2D eigenvalue weighted by Gasteiger charge is -2.40. The van der Waals surface area contributed by atoms with E-state index < -0.39 is 5.60 Å². The largest absolute Gasteiger partial charge is 0.442 e. The van der Waals surface area contributed by atoms with Crippen LogP contribution in [-0.2, 0) is 9.57 Å². The summed E-state index contributed by atoms with van der Waals surface area (Å²) in [5.41, 5.74) is -0.471. The summed E-state index contributed by atoms with van der Waals surface area (Å²) in [5.74, 6) is 0. The van der Waals surface area contributed by atoms with Crippen LogP contribution in [0.3, 0.4) is 0 Å². The lowest BCUT2D eigenvalue weighted by molar-refractivity contribution is -0.214. The molecule has 0 saturated carbocycles. The van der Waals surface area contributed by atoms with Crippen molar-refractivity contribution in [3.8, 4) is 0 Å². The molecule has 0 aromatic rings. The summed E-state index contributed by atoms with van der Waals surface area (Å²) >= 11 is 0. The molecule has 2 bridgehead atoms. The summed E-state index contributed by atoms with van der Waals surface area (Å²) in [6, 6.07) is 0.0462. The first-order valence-corrected chi connectivity index (χ1v) is 5.33. The van der Waals surface area contributed by atoms with Crippen molar-refractivity contribution >= 4 is 6.09 Å². The van der Waals surface area contributed by atoms with Gasteiger partial charge in [0, 0.05) is 0 Å². The summed E-state index contributed by atoms with van der Waals surface area (Å²) < 4.78 is 5.26. The van der Waals surface area contributed by atoms with Gasteiger partial charge in [-0.2, -0.15) is 5.06 Å². The van der Waals surface area contributed by atoms with E-state index in [-0.39, 0.29) is 18.2 Å². The molecule has 84 valence electrons. The predicted octanol–water partition coefficient (Wildman–Crippen LogP) is 2.26. The molecule has 0 aromatic carbocycles. The first-order chi connectivity index (χ1) is 6.96. The number of carbonyl (C=O) groups is 1. The standard InChI is InChI=1S/C11H17NO3/c1-11(2,3)14-10(13)12-8-4-6-9(15-12)7-5-8/h4,6,8-9H,5,7H2,1-3H3/t8-,9-/m1/s1. The Balaban J connectivity index is 2.01. The number of rotatable bonds is 0. The maximum Gasteiger partial charge on any atom is 0.435 e. The Bertz CT molecular complexity index is 293. The normalized spacial score (nSPS) is 29.4. The van der Waals surface area contributed by atoms with Crippen LogP contribution in [0.4, 0.5) is 4.79 Å². The molecule has 15 heavy (non-hydrogen) atoms. The second-order valence-corrected chi connectivity index (χ2v) is 4.98. The van der Waals surface area contributed by atoms with Gasteiger partial charge in [-0.15, -0.1) is 0 Å². The molecule has 0 unspecified atom stereocenters. The van der Waals surface area contributed by atoms with Crippen LogP contribution in [0.15, 0.2) is 12.2 Å². The summed E-state index contributed by atoms with van der Waals surface area (Å²) in [5, 5.41) is 1.36. The van der Waals surface area contributed by atoms with Crippen molar-refractivity contribution in [2.45, 2.75) is 51.4 Å². The second-order valence-electron chi connectivity index (χ2n) is 4.98. The number of hydroxylamine groups is 2. The number of hydrogen-bond donors (Lipinski definition) is 0. The van der Waals surface area contributed by atoms with Crippen LogP contribution in [0.5, 0.6) is 0 Å². The Morgan fingerprint density at radius 1 is 1.40 bits per heavy atom. The summed E-state index contributed by atoms with van der Waals surface area (Å²) in [6.07, 6.45) is 5.63.